The number of nitrogens with one attached hydrogen (secondary N) is 1. The number of carbonyl (C=O) groups excluding carboxylic acids is 1. The van der Waals surface area contributed by atoms with Crippen LogP contribution in [-0.4, -0.2) is 80.0 Å². The molecule has 242 valence electrons. The number of nitrogen functional groups attached to an aromatic ring is 1. The lowest BCUT2D eigenvalue weighted by Crippen LogP contribution is -2.55. The van der Waals surface area contributed by atoms with E-state index in [1.165, 1.54) is 18.2 Å². The van der Waals surface area contributed by atoms with Gasteiger partial charge in [0.15, 0.2) is 6.23 Å². The van der Waals surface area contributed by atoms with E-state index < -0.39 is 88.2 Å². The third kappa shape index (κ3) is 8.09. The fourth-order valence-electron chi connectivity index (χ4n) is 4.24. The highest BCUT2D eigenvalue weighted by Gasteiger charge is 2.45. The Morgan fingerprint density at radius 2 is 1.84 bits per heavy atom. The molecule has 19 nitrogen and oxygen atoms in total. The number of aliphatic hydroxyl groups excluding tert-OH is 3. The monoisotopic (exact) mass is 661 g/mol. The average Bonchev–Trinajstić information content (AvgIpc) is 3.21. The van der Waals surface area contributed by atoms with Crippen LogP contribution in [0.5, 0.6) is 5.75 Å². The van der Waals surface area contributed by atoms with Crippen LogP contribution in [0.1, 0.15) is 13.2 Å². The number of phosphoric acid groups is 1. The summed E-state index contributed by atoms with van der Waals surface area (Å²) in [5, 5.41) is 33.6. The first-order chi connectivity index (χ1) is 20.6. The molecule has 6 N–H and O–H groups in total. The van der Waals surface area contributed by atoms with E-state index in [2.05, 4.69) is 19.3 Å². The number of aliphatic hydroxyl groups is 3. The Bertz CT molecular complexity index is 1520. The zero-order valence-corrected chi connectivity index (χ0v) is 24.3. The molecule has 4 rings (SSSR count). The second kappa shape index (κ2) is 13.4. The maximum absolute atomic E-state index is 12.7. The highest BCUT2D eigenvalue weighted by atomic mass is 31.2. The molecule has 2 unspecified atom stereocenters. The SMILES string of the molecule is CC(=O)N[C@H]1[C@H](Oc2ccccc2)OC(C(OP(=O)([O-])OC[C@H]2O[C@@H](n3ccc(N)nc3=O)[C@H](O)[C@@H]2O)P(=O)([O-])[O-])=C[C@@H]1O. The quantitative estimate of drug-likeness (QED) is 0.145. The fraction of sp³-hybridized carbons (Fsp3) is 0.435. The summed E-state index contributed by atoms with van der Waals surface area (Å²) in [4.78, 5) is 64.1. The van der Waals surface area contributed by atoms with Crippen LogP contribution >= 0.6 is 15.4 Å². The number of amides is 1. The largest absolute Gasteiger partial charge is 0.809 e. The Balaban J connectivity index is 1.50. The Kier molecular flexibility index (Phi) is 10.3. The number of rotatable bonds is 11. The van der Waals surface area contributed by atoms with Crippen LogP contribution in [0.3, 0.4) is 0 Å². The van der Waals surface area contributed by atoms with Crippen LogP contribution in [0, 0.1) is 0 Å². The topological polar surface area (TPSA) is 300 Å². The van der Waals surface area contributed by atoms with E-state index in [9.17, 15) is 48.7 Å². The number of nitrogens with zero attached hydrogens (tertiary/aromatic N) is 2. The third-order valence-corrected chi connectivity index (χ3v) is 8.27. The van der Waals surface area contributed by atoms with Crippen molar-refractivity contribution in [2.75, 3.05) is 12.3 Å². The highest BCUT2D eigenvalue weighted by molar-refractivity contribution is 7.51. The molecule has 0 aliphatic carbocycles. The predicted molar refractivity (Wildman–Crippen MR) is 139 cm³/mol. The molecule has 2 aromatic rings. The van der Waals surface area contributed by atoms with E-state index in [0.29, 0.717) is 6.08 Å². The van der Waals surface area contributed by atoms with Gasteiger partial charge in [0.25, 0.3) is 14.1 Å². The number of benzene rings is 1. The molecule has 0 saturated carbocycles. The van der Waals surface area contributed by atoms with E-state index in [4.69, 9.17) is 19.9 Å². The van der Waals surface area contributed by atoms with Crippen LogP contribution < -0.4 is 36.2 Å². The predicted octanol–water partition coefficient (Wildman–Crippen LogP) is -3.63. The molecule has 2 aliphatic heterocycles. The summed E-state index contributed by atoms with van der Waals surface area (Å²) in [6.07, 6.45) is -8.41. The van der Waals surface area contributed by atoms with Gasteiger partial charge in [0.2, 0.25) is 5.91 Å². The minimum atomic E-state index is -6.05. The number of carbonyl (C=O) groups is 1. The molecule has 3 heterocycles. The van der Waals surface area contributed by atoms with Crippen molar-refractivity contribution in [1.29, 1.82) is 0 Å². The van der Waals surface area contributed by atoms with Gasteiger partial charge in [0, 0.05) is 13.1 Å². The fourth-order valence-corrected chi connectivity index (χ4v) is 6.24. The molecule has 1 amide bonds. The smallest absolute Gasteiger partial charge is 0.351 e. The molecule has 1 saturated heterocycles. The van der Waals surface area contributed by atoms with Crippen molar-refractivity contribution >= 4 is 27.1 Å². The lowest BCUT2D eigenvalue weighted by molar-refractivity contribution is -0.324. The summed E-state index contributed by atoms with van der Waals surface area (Å²) in [6.45, 7) is 0.0390. The maximum Gasteiger partial charge on any atom is 0.351 e. The van der Waals surface area contributed by atoms with Gasteiger partial charge in [-0.15, -0.1) is 0 Å². The standard InChI is InChI=1S/C23H30N4O15P2/c1-11(28)25-17-13(29)9-14(41-21(17)39-12-5-3-2-4-6-12)22(43(33,34)35)42-44(36,37)38-10-15-18(30)19(31)20(40-15)27-8-7-16(24)26-23(27)32/h2-9,13,15,17-22,29-31H,10H2,1H3,(H,25,28)(H,36,37)(H2,24,26,32)(H2,33,34,35)/p-3/t13-,15+,17+,18+,19+,20+,21+,22?/m0/s1. The molecule has 0 spiro atoms. The Labute approximate surface area is 248 Å². The van der Waals surface area contributed by atoms with Crippen LogP contribution in [0.15, 0.2) is 59.2 Å². The summed E-state index contributed by atoms with van der Waals surface area (Å²) < 4.78 is 51.1. The van der Waals surface area contributed by atoms with Gasteiger partial charge in [-0.1, -0.05) is 18.2 Å². The number of ether oxygens (including phenoxy) is 3. The van der Waals surface area contributed by atoms with Crippen LogP contribution in [-0.2, 0) is 32.4 Å². The molecule has 9 atom stereocenters. The highest BCUT2D eigenvalue weighted by Crippen LogP contribution is 2.51. The zero-order chi connectivity index (χ0) is 32.4. The van der Waals surface area contributed by atoms with E-state index >= 15 is 0 Å². The van der Waals surface area contributed by atoms with Gasteiger partial charge in [-0.25, -0.2) is 4.79 Å². The van der Waals surface area contributed by atoms with Crippen molar-refractivity contribution < 1.29 is 67.2 Å². The zero-order valence-electron chi connectivity index (χ0n) is 22.6. The van der Waals surface area contributed by atoms with E-state index in [0.717, 1.165) is 17.7 Å². The molecular weight excluding hydrogens is 634 g/mol. The second-order valence-electron chi connectivity index (χ2n) is 9.53. The number of nitrogens with two attached hydrogens (primary N) is 1. The van der Waals surface area contributed by atoms with Crippen molar-refractivity contribution in [1.82, 2.24) is 14.9 Å². The first kappa shape index (κ1) is 33.7. The molecule has 44 heavy (non-hydrogen) atoms. The van der Waals surface area contributed by atoms with Crippen LogP contribution in [0.25, 0.3) is 0 Å². The van der Waals surface area contributed by atoms with Crippen molar-refractivity contribution in [3.8, 4) is 5.75 Å². The molecule has 2 aliphatic rings. The Morgan fingerprint density at radius 3 is 2.45 bits per heavy atom. The number of para-hydroxylation sites is 1. The first-order valence-corrected chi connectivity index (χ1v) is 15.7. The number of anilines is 1. The average molecular weight is 661 g/mol. The Hall–Kier alpha value is -3.19. The van der Waals surface area contributed by atoms with Gasteiger partial charge >= 0.3 is 5.69 Å². The van der Waals surface area contributed by atoms with Gasteiger partial charge in [0.1, 0.15) is 53.6 Å². The summed E-state index contributed by atoms with van der Waals surface area (Å²) in [5.41, 5.74) is 4.46. The second-order valence-corrected chi connectivity index (χ2v) is 12.4. The number of phosphoric ester groups is 1. The number of hydrogen-bond acceptors (Lipinski definition) is 17. The van der Waals surface area contributed by atoms with Crippen molar-refractivity contribution in [3.63, 3.8) is 0 Å². The van der Waals surface area contributed by atoms with E-state index in [1.54, 1.807) is 18.2 Å². The maximum atomic E-state index is 12.7. The molecule has 1 aromatic carbocycles. The molecule has 0 radical (unpaired) electrons. The Morgan fingerprint density at radius 1 is 1.16 bits per heavy atom. The minimum absolute atomic E-state index is 0.136. The van der Waals surface area contributed by atoms with Gasteiger partial charge in [-0.3, -0.25) is 13.9 Å². The van der Waals surface area contributed by atoms with E-state index in [1.807, 2.05) is 0 Å². The third-order valence-electron chi connectivity index (χ3n) is 6.23. The van der Waals surface area contributed by atoms with Crippen molar-refractivity contribution in [2.24, 2.45) is 0 Å². The lowest BCUT2D eigenvalue weighted by Gasteiger charge is -2.44. The van der Waals surface area contributed by atoms with Crippen LogP contribution in [0.4, 0.5) is 5.82 Å². The van der Waals surface area contributed by atoms with Crippen molar-refractivity contribution in [3.05, 3.63) is 64.9 Å². The molecule has 1 aromatic heterocycles. The van der Waals surface area contributed by atoms with Gasteiger partial charge < -0.3 is 68.9 Å². The summed E-state index contributed by atoms with van der Waals surface area (Å²) >= 11 is 0. The minimum Gasteiger partial charge on any atom is -0.809 e. The van der Waals surface area contributed by atoms with Gasteiger partial charge in [0.05, 0.1) is 6.61 Å². The number of hydrogen-bond donors (Lipinski definition) is 5. The normalized spacial score (nSPS) is 29.2. The lowest BCUT2D eigenvalue weighted by atomic mass is 10.1. The first-order valence-electron chi connectivity index (χ1n) is 12.6. The van der Waals surface area contributed by atoms with Crippen LogP contribution in [0.2, 0.25) is 0 Å². The molecule has 21 heteroatoms. The molecular formula is C23H27N4O15P2-3. The number of aromatic nitrogens is 2. The summed E-state index contributed by atoms with van der Waals surface area (Å²) in [6, 6.07) is 7.55. The molecule has 1 fully saturated rings. The summed E-state index contributed by atoms with van der Waals surface area (Å²) in [5.74, 6) is -4.54. The van der Waals surface area contributed by atoms with E-state index in [-0.39, 0.29) is 11.6 Å². The van der Waals surface area contributed by atoms with Crippen molar-refractivity contribution in [2.45, 2.75) is 55.7 Å². The molecule has 0 bridgehead atoms. The summed E-state index contributed by atoms with van der Waals surface area (Å²) in [7, 11) is -11.8. The van der Waals surface area contributed by atoms with Gasteiger partial charge in [-0.05, 0) is 31.9 Å². The van der Waals surface area contributed by atoms with Gasteiger partial charge in [-0.2, -0.15) is 4.98 Å².